The Balaban J connectivity index is 2.17. The van der Waals surface area contributed by atoms with Gasteiger partial charge < -0.3 is 5.11 Å². The highest BCUT2D eigenvalue weighted by molar-refractivity contribution is 7.86. The Morgan fingerprint density at radius 3 is 2.95 bits per heavy atom. The van der Waals surface area contributed by atoms with Gasteiger partial charge in [-0.05, 0) is 19.3 Å². The van der Waals surface area contributed by atoms with E-state index >= 15 is 0 Å². The van der Waals surface area contributed by atoms with E-state index in [1.54, 1.807) is 10.9 Å². The first-order valence-electron chi connectivity index (χ1n) is 6.26. The van der Waals surface area contributed by atoms with Crippen molar-refractivity contribution in [3.05, 3.63) is 16.6 Å². The molecule has 2 heterocycles. The van der Waals surface area contributed by atoms with Crippen molar-refractivity contribution >= 4 is 27.5 Å². The van der Waals surface area contributed by atoms with Crippen LogP contribution in [0, 0.1) is 0 Å². The zero-order valence-electron chi connectivity index (χ0n) is 11.1. The van der Waals surface area contributed by atoms with Gasteiger partial charge in [0.05, 0.1) is 17.7 Å². The van der Waals surface area contributed by atoms with Crippen LogP contribution in [0.5, 0.6) is 0 Å². The van der Waals surface area contributed by atoms with Crippen molar-refractivity contribution in [1.82, 2.24) is 13.6 Å². The highest BCUT2D eigenvalue weighted by Crippen LogP contribution is 2.23. The lowest BCUT2D eigenvalue weighted by Gasteiger charge is -2.34. The highest BCUT2D eigenvalue weighted by Gasteiger charge is 2.38. The number of aromatic nitrogens is 1. The molecule has 1 aliphatic rings. The zero-order chi connectivity index (χ0) is 14.8. The van der Waals surface area contributed by atoms with Gasteiger partial charge in [-0.2, -0.15) is 17.0 Å². The molecule has 0 spiro atoms. The number of thiazole rings is 1. The molecular formula is C11H17N3O4S2. The predicted molar refractivity (Wildman–Crippen MR) is 74.5 cm³/mol. The van der Waals surface area contributed by atoms with Gasteiger partial charge in [-0.3, -0.25) is 4.79 Å². The second kappa shape index (κ2) is 6.17. The summed E-state index contributed by atoms with van der Waals surface area (Å²) in [4.78, 5) is 15.3. The summed E-state index contributed by atoms with van der Waals surface area (Å²) in [7, 11) is -2.34. The number of carboxylic acid groups (broad SMARTS) is 1. The second-order valence-corrected chi connectivity index (χ2v) is 7.41. The van der Waals surface area contributed by atoms with Crippen LogP contribution in [0.2, 0.25) is 0 Å². The molecule has 2 rings (SSSR count). The van der Waals surface area contributed by atoms with E-state index in [1.807, 2.05) is 0 Å². The molecule has 0 aromatic carbocycles. The number of nitrogens with zero attached hydrogens (tertiary/aromatic N) is 3. The molecular weight excluding hydrogens is 302 g/mol. The van der Waals surface area contributed by atoms with Crippen molar-refractivity contribution in [3.63, 3.8) is 0 Å². The van der Waals surface area contributed by atoms with Gasteiger partial charge in [-0.25, -0.2) is 4.98 Å². The van der Waals surface area contributed by atoms with Crippen molar-refractivity contribution in [3.8, 4) is 0 Å². The number of carbonyl (C=O) groups is 1. The van der Waals surface area contributed by atoms with Crippen LogP contribution in [0.4, 0.5) is 0 Å². The van der Waals surface area contributed by atoms with E-state index in [9.17, 15) is 18.3 Å². The zero-order valence-corrected chi connectivity index (χ0v) is 12.7. The number of piperidine rings is 1. The van der Waals surface area contributed by atoms with Gasteiger partial charge in [0, 0.05) is 19.0 Å². The first kappa shape index (κ1) is 15.4. The Morgan fingerprint density at radius 1 is 1.60 bits per heavy atom. The number of carboxylic acids is 1. The van der Waals surface area contributed by atoms with Crippen molar-refractivity contribution in [2.75, 3.05) is 13.6 Å². The molecule has 0 amide bonds. The maximum Gasteiger partial charge on any atom is 0.322 e. The van der Waals surface area contributed by atoms with Crippen LogP contribution in [0.1, 0.15) is 25.0 Å². The van der Waals surface area contributed by atoms with E-state index in [4.69, 9.17) is 0 Å². The summed E-state index contributed by atoms with van der Waals surface area (Å²) in [5.41, 5.74) is 2.29. The Hall–Kier alpha value is -1.03. The smallest absolute Gasteiger partial charge is 0.322 e. The molecule has 0 aliphatic carbocycles. The second-order valence-electron chi connectivity index (χ2n) is 4.70. The van der Waals surface area contributed by atoms with Crippen LogP contribution in [-0.2, 0) is 21.5 Å². The molecule has 1 atom stereocenters. The lowest BCUT2D eigenvalue weighted by Crippen LogP contribution is -2.52. The molecule has 1 N–H and O–H groups in total. The minimum absolute atomic E-state index is 0.147. The van der Waals surface area contributed by atoms with Crippen LogP contribution in [0.15, 0.2) is 10.9 Å². The SMILES string of the molecule is CN(Cc1cscn1)S(=O)(=O)N1CCCCC1C(=O)O. The Labute approximate surface area is 122 Å². The maximum absolute atomic E-state index is 12.5. The molecule has 1 aromatic rings. The average molecular weight is 319 g/mol. The van der Waals surface area contributed by atoms with Gasteiger partial charge in [0.1, 0.15) is 6.04 Å². The van der Waals surface area contributed by atoms with Gasteiger partial charge >= 0.3 is 5.97 Å². The summed E-state index contributed by atoms with van der Waals surface area (Å²) < 4.78 is 27.2. The fraction of sp³-hybridized carbons (Fsp3) is 0.636. The summed E-state index contributed by atoms with van der Waals surface area (Å²) >= 11 is 1.39. The fourth-order valence-electron chi connectivity index (χ4n) is 2.23. The van der Waals surface area contributed by atoms with E-state index in [-0.39, 0.29) is 13.1 Å². The molecule has 1 fully saturated rings. The van der Waals surface area contributed by atoms with Crippen molar-refractivity contribution in [2.45, 2.75) is 31.8 Å². The fourth-order valence-corrected chi connectivity index (χ4v) is 4.31. The lowest BCUT2D eigenvalue weighted by molar-refractivity contribution is -0.142. The topological polar surface area (TPSA) is 90.8 Å². The molecule has 1 saturated heterocycles. The van der Waals surface area contributed by atoms with Gasteiger partial charge in [0.15, 0.2) is 0 Å². The lowest BCUT2D eigenvalue weighted by atomic mass is 10.1. The third-order valence-electron chi connectivity index (χ3n) is 3.30. The van der Waals surface area contributed by atoms with Gasteiger partial charge in [-0.15, -0.1) is 11.3 Å². The summed E-state index contributed by atoms with van der Waals surface area (Å²) in [6.07, 6.45) is 1.78. The third kappa shape index (κ3) is 3.17. The van der Waals surface area contributed by atoms with Gasteiger partial charge in [0.2, 0.25) is 0 Å². The Morgan fingerprint density at radius 2 is 2.35 bits per heavy atom. The maximum atomic E-state index is 12.5. The molecule has 0 bridgehead atoms. The molecule has 20 heavy (non-hydrogen) atoms. The minimum atomic E-state index is -3.78. The van der Waals surface area contributed by atoms with Crippen LogP contribution < -0.4 is 0 Å². The molecule has 7 nitrogen and oxygen atoms in total. The average Bonchev–Trinajstić information content (AvgIpc) is 2.91. The quantitative estimate of drug-likeness (QED) is 0.865. The number of hydrogen-bond donors (Lipinski definition) is 1. The number of hydrogen-bond acceptors (Lipinski definition) is 5. The molecule has 0 saturated carbocycles. The van der Waals surface area contributed by atoms with Gasteiger partial charge in [0.25, 0.3) is 10.2 Å². The molecule has 1 aliphatic heterocycles. The van der Waals surface area contributed by atoms with Crippen LogP contribution >= 0.6 is 11.3 Å². The van der Waals surface area contributed by atoms with Crippen molar-refractivity contribution in [2.24, 2.45) is 0 Å². The van der Waals surface area contributed by atoms with Crippen LogP contribution in [-0.4, -0.2) is 52.7 Å². The van der Waals surface area contributed by atoms with Crippen molar-refractivity contribution < 1.29 is 18.3 Å². The Bertz CT molecular complexity index is 558. The number of rotatable bonds is 5. The third-order valence-corrected chi connectivity index (χ3v) is 5.88. The summed E-state index contributed by atoms with van der Waals surface area (Å²) in [6, 6.07) is -0.966. The van der Waals surface area contributed by atoms with E-state index in [1.165, 1.54) is 18.4 Å². The molecule has 1 unspecified atom stereocenters. The normalized spacial score (nSPS) is 21.2. The Kier molecular flexibility index (Phi) is 4.74. The van der Waals surface area contributed by atoms with Gasteiger partial charge in [-0.1, -0.05) is 0 Å². The summed E-state index contributed by atoms with van der Waals surface area (Å²) in [5.74, 6) is -1.09. The first-order valence-corrected chi connectivity index (χ1v) is 8.60. The largest absolute Gasteiger partial charge is 0.480 e. The first-order chi connectivity index (χ1) is 9.43. The van der Waals surface area contributed by atoms with E-state index < -0.39 is 22.2 Å². The summed E-state index contributed by atoms with van der Waals surface area (Å²) in [6.45, 7) is 0.398. The van der Waals surface area contributed by atoms with Crippen molar-refractivity contribution in [1.29, 1.82) is 0 Å². The molecule has 112 valence electrons. The monoisotopic (exact) mass is 319 g/mol. The summed E-state index contributed by atoms with van der Waals surface area (Å²) in [5, 5.41) is 10.9. The minimum Gasteiger partial charge on any atom is -0.480 e. The molecule has 1 aromatic heterocycles. The van der Waals surface area contributed by atoms with E-state index in [2.05, 4.69) is 4.98 Å². The van der Waals surface area contributed by atoms with E-state index in [0.717, 1.165) is 15.0 Å². The van der Waals surface area contributed by atoms with E-state index in [0.29, 0.717) is 18.5 Å². The number of aliphatic carboxylic acids is 1. The van der Waals surface area contributed by atoms with Crippen LogP contribution in [0.25, 0.3) is 0 Å². The standard InChI is InChI=1S/C11H17N3O4S2/c1-13(6-9-7-19-8-12-9)20(17,18)14-5-3-2-4-10(14)11(15)16/h7-8,10H,2-6H2,1H3,(H,15,16). The predicted octanol–water partition coefficient (Wildman–Crippen LogP) is 0.759. The molecule has 9 heteroatoms. The molecule has 0 radical (unpaired) electrons. The highest BCUT2D eigenvalue weighted by atomic mass is 32.2. The van der Waals surface area contributed by atoms with Crippen LogP contribution in [0.3, 0.4) is 0 Å².